The van der Waals surface area contributed by atoms with E-state index < -0.39 is 6.03 Å². The number of benzene rings is 3. The molecule has 0 unspecified atom stereocenters. The van der Waals surface area contributed by atoms with Crippen LogP contribution in [0.5, 0.6) is 11.5 Å². The Labute approximate surface area is 184 Å². The molecule has 0 aromatic heterocycles. The van der Waals surface area contributed by atoms with Crippen molar-refractivity contribution in [1.82, 2.24) is 5.43 Å². The first-order valence-corrected chi connectivity index (χ1v) is 10.2. The molecule has 0 saturated carbocycles. The second kappa shape index (κ2) is 11.0. The van der Waals surface area contributed by atoms with E-state index in [4.69, 9.17) is 9.47 Å². The van der Waals surface area contributed by atoms with Crippen molar-refractivity contribution in [3.05, 3.63) is 88.4 Å². The van der Waals surface area contributed by atoms with Crippen LogP contribution in [0, 0.1) is 6.92 Å². The molecule has 3 rings (SSSR count). The van der Waals surface area contributed by atoms with Crippen LogP contribution in [0.25, 0.3) is 0 Å². The molecule has 0 spiro atoms. The Bertz CT molecular complexity index is 1010. The highest BCUT2D eigenvalue weighted by Crippen LogP contribution is 2.22. The highest BCUT2D eigenvalue weighted by molar-refractivity contribution is 9.10. The van der Waals surface area contributed by atoms with E-state index in [0.29, 0.717) is 24.7 Å². The van der Waals surface area contributed by atoms with Crippen LogP contribution < -0.4 is 20.2 Å². The van der Waals surface area contributed by atoms with Crippen molar-refractivity contribution in [2.24, 2.45) is 5.10 Å². The van der Waals surface area contributed by atoms with E-state index in [1.807, 2.05) is 67.6 Å². The molecule has 6 nitrogen and oxygen atoms in total. The lowest BCUT2D eigenvalue weighted by molar-refractivity contribution is 0.217. The number of halogens is 1. The van der Waals surface area contributed by atoms with Gasteiger partial charge < -0.3 is 14.8 Å². The monoisotopic (exact) mass is 467 g/mol. The fourth-order valence-corrected chi connectivity index (χ4v) is 2.99. The van der Waals surface area contributed by atoms with Gasteiger partial charge in [0.2, 0.25) is 0 Å². The summed E-state index contributed by atoms with van der Waals surface area (Å²) < 4.78 is 12.4. The number of ether oxygens (including phenoxy) is 2. The van der Waals surface area contributed by atoms with Crippen LogP contribution in [0.3, 0.4) is 0 Å². The lowest BCUT2D eigenvalue weighted by atomic mass is 10.2. The summed E-state index contributed by atoms with van der Waals surface area (Å²) in [5, 5.41) is 6.70. The highest BCUT2D eigenvalue weighted by atomic mass is 79.9. The molecule has 30 heavy (non-hydrogen) atoms. The quantitative estimate of drug-likeness (QED) is 0.265. The zero-order valence-electron chi connectivity index (χ0n) is 16.5. The zero-order valence-corrected chi connectivity index (χ0v) is 18.1. The third-order valence-corrected chi connectivity index (χ3v) is 4.47. The fraction of sp³-hybridized carbons (Fsp3) is 0.130. The average molecular weight is 468 g/mol. The van der Waals surface area contributed by atoms with Gasteiger partial charge in [0, 0.05) is 15.7 Å². The first-order chi connectivity index (χ1) is 14.6. The molecule has 3 aromatic carbocycles. The zero-order chi connectivity index (χ0) is 21.2. The van der Waals surface area contributed by atoms with E-state index in [-0.39, 0.29) is 0 Å². The van der Waals surface area contributed by atoms with Crippen molar-refractivity contribution in [2.75, 3.05) is 18.5 Å². The van der Waals surface area contributed by atoms with Crippen molar-refractivity contribution in [3.63, 3.8) is 0 Å². The second-order valence-electron chi connectivity index (χ2n) is 6.39. The van der Waals surface area contributed by atoms with E-state index in [1.165, 1.54) is 6.21 Å². The van der Waals surface area contributed by atoms with Gasteiger partial charge in [0.1, 0.15) is 24.7 Å². The number of urea groups is 1. The van der Waals surface area contributed by atoms with Gasteiger partial charge in [-0.25, -0.2) is 10.2 Å². The predicted molar refractivity (Wildman–Crippen MR) is 123 cm³/mol. The maximum absolute atomic E-state index is 11.9. The maximum atomic E-state index is 11.9. The Balaban J connectivity index is 1.52. The molecule has 2 amide bonds. The van der Waals surface area contributed by atoms with Gasteiger partial charge in [-0.15, -0.1) is 0 Å². The van der Waals surface area contributed by atoms with Crippen molar-refractivity contribution >= 4 is 33.9 Å². The summed E-state index contributed by atoms with van der Waals surface area (Å²) in [4.78, 5) is 11.9. The molecule has 0 aliphatic heterocycles. The molecular formula is C23H22BrN3O3. The smallest absolute Gasteiger partial charge is 0.339 e. The summed E-state index contributed by atoms with van der Waals surface area (Å²) in [6.45, 7) is 2.80. The highest BCUT2D eigenvalue weighted by Gasteiger charge is 2.04. The minimum absolute atomic E-state index is 0.373. The summed E-state index contributed by atoms with van der Waals surface area (Å²) >= 11 is 3.44. The topological polar surface area (TPSA) is 72.0 Å². The Hall–Kier alpha value is -3.32. The summed E-state index contributed by atoms with van der Waals surface area (Å²) in [5.74, 6) is 1.45. The van der Waals surface area contributed by atoms with Gasteiger partial charge in [0.25, 0.3) is 0 Å². The van der Waals surface area contributed by atoms with Crippen LogP contribution in [-0.2, 0) is 0 Å². The first kappa shape index (κ1) is 21.4. The number of carbonyl (C=O) groups is 1. The van der Waals surface area contributed by atoms with Gasteiger partial charge in [-0.05, 0) is 55.0 Å². The average Bonchev–Trinajstić information content (AvgIpc) is 2.73. The summed E-state index contributed by atoms with van der Waals surface area (Å²) in [6, 6.07) is 22.2. The summed E-state index contributed by atoms with van der Waals surface area (Å²) in [6.07, 6.45) is 1.53. The van der Waals surface area contributed by atoms with Gasteiger partial charge in [0.15, 0.2) is 0 Å². The molecule has 0 atom stereocenters. The van der Waals surface area contributed by atoms with Crippen LogP contribution >= 0.6 is 15.9 Å². The van der Waals surface area contributed by atoms with Crippen molar-refractivity contribution < 1.29 is 14.3 Å². The van der Waals surface area contributed by atoms with Crippen molar-refractivity contribution in [2.45, 2.75) is 6.92 Å². The lowest BCUT2D eigenvalue weighted by Gasteiger charge is -2.11. The number of para-hydroxylation sites is 1. The molecule has 0 heterocycles. The SMILES string of the molecule is Cc1cccc(OCCOc2ccc(Br)cc2C=NNC(=O)Nc2ccccc2)c1. The van der Waals surface area contributed by atoms with Gasteiger partial charge in [-0.2, -0.15) is 5.10 Å². The largest absolute Gasteiger partial charge is 0.490 e. The summed E-state index contributed by atoms with van der Waals surface area (Å²) in [7, 11) is 0. The van der Waals surface area contributed by atoms with Crippen LogP contribution in [0.15, 0.2) is 82.4 Å². The Kier molecular flexibility index (Phi) is 7.86. The van der Waals surface area contributed by atoms with Crippen LogP contribution in [0.1, 0.15) is 11.1 Å². The van der Waals surface area contributed by atoms with Crippen molar-refractivity contribution in [3.8, 4) is 11.5 Å². The molecule has 2 N–H and O–H groups in total. The Morgan fingerprint density at radius 3 is 2.60 bits per heavy atom. The van der Waals surface area contributed by atoms with Crippen molar-refractivity contribution in [1.29, 1.82) is 0 Å². The molecule has 0 aliphatic rings. The molecule has 0 radical (unpaired) electrons. The number of nitrogens with one attached hydrogen (secondary N) is 2. The number of aryl methyl sites for hydroxylation is 1. The molecule has 0 bridgehead atoms. The maximum Gasteiger partial charge on any atom is 0.339 e. The molecule has 3 aromatic rings. The van der Waals surface area contributed by atoms with Gasteiger partial charge in [0.05, 0.1) is 6.21 Å². The number of hydrogen-bond donors (Lipinski definition) is 2. The van der Waals surface area contributed by atoms with E-state index in [9.17, 15) is 4.79 Å². The number of hydrogen-bond acceptors (Lipinski definition) is 4. The Morgan fingerprint density at radius 2 is 1.80 bits per heavy atom. The number of amides is 2. The standard InChI is InChI=1S/C23H22BrN3O3/c1-17-6-5-9-21(14-17)29-12-13-30-22-11-10-19(24)15-18(22)16-25-27-23(28)26-20-7-3-2-4-8-20/h2-11,14-16H,12-13H2,1H3,(H2,26,27,28). The van der Waals surface area contributed by atoms with E-state index in [1.54, 1.807) is 12.1 Å². The third kappa shape index (κ3) is 6.93. The van der Waals surface area contributed by atoms with Crippen LogP contribution in [-0.4, -0.2) is 25.5 Å². The fourth-order valence-electron chi connectivity index (χ4n) is 2.61. The Morgan fingerprint density at radius 1 is 1.00 bits per heavy atom. The number of nitrogens with zero attached hydrogens (tertiary/aromatic N) is 1. The molecule has 7 heteroatoms. The molecule has 0 fully saturated rings. The minimum atomic E-state index is -0.429. The van der Waals surface area contributed by atoms with Gasteiger partial charge in [-0.3, -0.25) is 0 Å². The van der Waals surface area contributed by atoms with Gasteiger partial charge >= 0.3 is 6.03 Å². The number of hydrazone groups is 1. The molecule has 154 valence electrons. The first-order valence-electron chi connectivity index (χ1n) is 9.37. The number of rotatable bonds is 8. The lowest BCUT2D eigenvalue weighted by Crippen LogP contribution is -2.24. The van der Waals surface area contributed by atoms with E-state index >= 15 is 0 Å². The van der Waals surface area contributed by atoms with Gasteiger partial charge in [-0.1, -0.05) is 46.3 Å². The van der Waals surface area contributed by atoms with Crippen LogP contribution in [0.4, 0.5) is 10.5 Å². The summed E-state index contributed by atoms with van der Waals surface area (Å²) in [5.41, 5.74) is 4.99. The third-order valence-electron chi connectivity index (χ3n) is 3.97. The molecular weight excluding hydrogens is 446 g/mol. The minimum Gasteiger partial charge on any atom is -0.490 e. The predicted octanol–water partition coefficient (Wildman–Crippen LogP) is 5.37. The van der Waals surface area contributed by atoms with E-state index in [0.717, 1.165) is 21.3 Å². The van der Waals surface area contributed by atoms with Crippen LogP contribution in [0.2, 0.25) is 0 Å². The number of carbonyl (C=O) groups excluding carboxylic acids is 1. The molecule has 0 saturated heterocycles. The van der Waals surface area contributed by atoms with E-state index in [2.05, 4.69) is 31.8 Å². The second-order valence-corrected chi connectivity index (χ2v) is 7.30. The molecule has 0 aliphatic carbocycles. The number of anilines is 1. The normalized spacial score (nSPS) is 10.6.